The molecule has 5 N–H and O–H groups in total. The number of hydrogen-bond donors (Lipinski definition) is 5. The van der Waals surface area contributed by atoms with Crippen LogP contribution in [0.5, 0.6) is 5.75 Å². The maximum atomic E-state index is 12.9. The summed E-state index contributed by atoms with van der Waals surface area (Å²) < 4.78 is 34.2. The van der Waals surface area contributed by atoms with E-state index in [0.717, 1.165) is 56.4 Å². The van der Waals surface area contributed by atoms with Crippen molar-refractivity contribution in [3.63, 3.8) is 0 Å². The first-order chi connectivity index (χ1) is 20.3. The summed E-state index contributed by atoms with van der Waals surface area (Å²) in [5.41, 5.74) is 3.67. The van der Waals surface area contributed by atoms with Gasteiger partial charge in [0, 0.05) is 37.1 Å². The first-order valence-electron chi connectivity index (χ1n) is 14.5. The molecule has 5 rings (SSSR count). The molecule has 4 aromatic rings. The number of aliphatic hydroxyl groups is 1. The number of ether oxygens (including phenoxy) is 1. The molecule has 0 bridgehead atoms. The van der Waals surface area contributed by atoms with Gasteiger partial charge in [0.05, 0.1) is 10.4 Å². The molecule has 2 heterocycles. The highest BCUT2D eigenvalue weighted by molar-refractivity contribution is 7.92. The standard InChI is InChI=1S/C31H39N5O5S/c1-2-3-5-22-8-14-27(15-9-22)42(39,40)35-24-10-12-25(13-11-24)36-18-16-23(17-19-36)32-20-26(37)21-41-29-7-4-6-28-30(29)34-31(38)33-28/h4,6-15,23,26,32,35,37H,2-3,5,16-21H2,1H3,(H2,33,34,38)/t26-/m0/s1. The second-order valence-corrected chi connectivity index (χ2v) is 12.5. The van der Waals surface area contributed by atoms with Crippen LogP contribution in [0.1, 0.15) is 38.2 Å². The predicted molar refractivity (Wildman–Crippen MR) is 166 cm³/mol. The van der Waals surface area contributed by atoms with Crippen molar-refractivity contribution in [2.24, 2.45) is 0 Å². The summed E-state index contributed by atoms with van der Waals surface area (Å²) in [6.45, 7) is 4.35. The number of rotatable bonds is 13. The van der Waals surface area contributed by atoms with Gasteiger partial charge in [-0.3, -0.25) is 4.72 Å². The lowest BCUT2D eigenvalue weighted by atomic mass is 10.0. The van der Waals surface area contributed by atoms with Crippen LogP contribution in [0.4, 0.5) is 11.4 Å². The van der Waals surface area contributed by atoms with E-state index < -0.39 is 16.1 Å². The molecular formula is C31H39N5O5S. The van der Waals surface area contributed by atoms with Gasteiger partial charge >= 0.3 is 5.69 Å². The number of para-hydroxylation sites is 1. The van der Waals surface area contributed by atoms with E-state index in [1.807, 2.05) is 24.3 Å². The van der Waals surface area contributed by atoms with Crippen LogP contribution in [0.3, 0.4) is 0 Å². The molecular weight excluding hydrogens is 554 g/mol. The van der Waals surface area contributed by atoms with Crippen LogP contribution >= 0.6 is 0 Å². The third-order valence-corrected chi connectivity index (χ3v) is 9.02. The van der Waals surface area contributed by atoms with Gasteiger partial charge in [0.2, 0.25) is 0 Å². The summed E-state index contributed by atoms with van der Waals surface area (Å²) in [4.78, 5) is 19.5. The van der Waals surface area contributed by atoms with Crippen molar-refractivity contribution in [2.45, 2.75) is 56.1 Å². The van der Waals surface area contributed by atoms with Gasteiger partial charge in [0.25, 0.3) is 10.0 Å². The number of unbranched alkanes of at least 4 members (excludes halogenated alkanes) is 1. The van der Waals surface area contributed by atoms with E-state index in [4.69, 9.17) is 4.74 Å². The van der Waals surface area contributed by atoms with Crippen molar-refractivity contribution in [1.29, 1.82) is 0 Å². The minimum atomic E-state index is -3.65. The molecule has 224 valence electrons. The van der Waals surface area contributed by atoms with Crippen LogP contribution in [0.2, 0.25) is 0 Å². The molecule has 1 aliphatic heterocycles. The fourth-order valence-corrected chi connectivity index (χ4v) is 6.27. The maximum absolute atomic E-state index is 12.9. The number of sulfonamides is 1. The molecule has 0 saturated carbocycles. The number of anilines is 2. The zero-order valence-corrected chi connectivity index (χ0v) is 24.6. The average Bonchev–Trinajstić information content (AvgIpc) is 3.39. The number of hydrogen-bond acceptors (Lipinski definition) is 7. The van der Waals surface area contributed by atoms with Gasteiger partial charge in [-0.15, -0.1) is 0 Å². The van der Waals surface area contributed by atoms with Crippen LogP contribution in [0.25, 0.3) is 11.0 Å². The number of nitrogens with zero attached hydrogens (tertiary/aromatic N) is 1. The second kappa shape index (κ2) is 13.5. The fraction of sp³-hybridized carbons (Fsp3) is 0.387. The van der Waals surface area contributed by atoms with E-state index in [2.05, 4.69) is 31.8 Å². The number of aliphatic hydroxyl groups excluding tert-OH is 1. The Balaban J connectivity index is 1.05. The van der Waals surface area contributed by atoms with Crippen molar-refractivity contribution in [3.05, 3.63) is 82.8 Å². The molecule has 0 aliphatic carbocycles. The first-order valence-corrected chi connectivity index (χ1v) is 16.0. The molecule has 0 amide bonds. The SMILES string of the molecule is CCCCc1ccc(S(=O)(=O)Nc2ccc(N3CCC(NC[C@H](O)COc4cccc5[nH]c(=O)[nH]c45)CC3)cc2)cc1. The number of piperidine rings is 1. The number of aromatic amines is 2. The van der Waals surface area contributed by atoms with Crippen molar-refractivity contribution in [2.75, 3.05) is 35.9 Å². The normalized spacial score (nSPS) is 15.1. The Labute approximate surface area is 246 Å². The zero-order valence-electron chi connectivity index (χ0n) is 23.8. The predicted octanol–water partition coefficient (Wildman–Crippen LogP) is 4.00. The number of H-pyrrole nitrogens is 2. The summed E-state index contributed by atoms with van der Waals surface area (Å²) in [6.07, 6.45) is 4.28. The maximum Gasteiger partial charge on any atom is 0.323 e. The molecule has 3 aromatic carbocycles. The number of nitrogens with one attached hydrogen (secondary N) is 4. The first kappa shape index (κ1) is 29.7. The van der Waals surface area contributed by atoms with Gasteiger partial charge in [0.1, 0.15) is 24.0 Å². The van der Waals surface area contributed by atoms with Crippen LogP contribution in [-0.2, 0) is 16.4 Å². The third-order valence-electron chi connectivity index (χ3n) is 7.62. The lowest BCUT2D eigenvalue weighted by Gasteiger charge is -2.34. The molecule has 1 atom stereocenters. The van der Waals surface area contributed by atoms with Crippen molar-refractivity contribution in [1.82, 2.24) is 15.3 Å². The molecule has 0 radical (unpaired) electrons. The highest BCUT2D eigenvalue weighted by Gasteiger charge is 2.21. The Morgan fingerprint density at radius 3 is 2.48 bits per heavy atom. The second-order valence-electron chi connectivity index (χ2n) is 10.8. The van der Waals surface area contributed by atoms with Gasteiger partial charge in [0.15, 0.2) is 0 Å². The minimum absolute atomic E-state index is 0.110. The monoisotopic (exact) mass is 593 g/mol. The topological polar surface area (TPSA) is 140 Å². The number of imidazole rings is 1. The van der Waals surface area contributed by atoms with Gasteiger partial charge in [-0.2, -0.15) is 0 Å². The average molecular weight is 594 g/mol. The molecule has 0 unspecified atom stereocenters. The number of fused-ring (bicyclic) bond motifs is 1. The Morgan fingerprint density at radius 1 is 1.02 bits per heavy atom. The molecule has 1 aromatic heterocycles. The molecule has 11 heteroatoms. The van der Waals surface area contributed by atoms with E-state index in [-0.39, 0.29) is 23.2 Å². The lowest BCUT2D eigenvalue weighted by molar-refractivity contribution is 0.103. The molecule has 1 aliphatic rings. The molecule has 1 fully saturated rings. The number of benzene rings is 3. The Morgan fingerprint density at radius 2 is 1.76 bits per heavy atom. The van der Waals surface area contributed by atoms with Crippen LogP contribution in [0, 0.1) is 0 Å². The largest absolute Gasteiger partial charge is 0.489 e. The summed E-state index contributed by atoms with van der Waals surface area (Å²) in [5.74, 6) is 0.522. The smallest absolute Gasteiger partial charge is 0.323 e. The Hall–Kier alpha value is -3.80. The molecule has 42 heavy (non-hydrogen) atoms. The summed E-state index contributed by atoms with van der Waals surface area (Å²) in [5, 5.41) is 13.9. The lowest BCUT2D eigenvalue weighted by Crippen LogP contribution is -2.45. The highest BCUT2D eigenvalue weighted by atomic mass is 32.2. The minimum Gasteiger partial charge on any atom is -0.489 e. The van der Waals surface area contributed by atoms with Crippen molar-refractivity contribution >= 4 is 32.4 Å². The highest BCUT2D eigenvalue weighted by Crippen LogP contribution is 2.24. The van der Waals surface area contributed by atoms with Crippen molar-refractivity contribution < 1.29 is 18.3 Å². The molecule has 1 saturated heterocycles. The number of aryl methyl sites for hydroxylation is 1. The summed E-state index contributed by atoms with van der Waals surface area (Å²) in [7, 11) is -3.65. The van der Waals surface area contributed by atoms with Crippen LogP contribution in [0.15, 0.2) is 76.4 Å². The zero-order chi connectivity index (χ0) is 29.5. The Kier molecular flexibility index (Phi) is 9.51. The van der Waals surface area contributed by atoms with Gasteiger partial charge < -0.3 is 30.0 Å². The van der Waals surface area contributed by atoms with Gasteiger partial charge in [-0.1, -0.05) is 31.5 Å². The Bertz CT molecular complexity index is 1610. The quantitative estimate of drug-likeness (QED) is 0.158. The van der Waals surface area contributed by atoms with E-state index in [1.54, 1.807) is 42.5 Å². The van der Waals surface area contributed by atoms with Gasteiger partial charge in [-0.05, 0) is 79.8 Å². The summed E-state index contributed by atoms with van der Waals surface area (Å²) >= 11 is 0. The molecule has 10 nitrogen and oxygen atoms in total. The molecule has 0 spiro atoms. The van der Waals surface area contributed by atoms with Gasteiger partial charge in [-0.25, -0.2) is 13.2 Å². The summed E-state index contributed by atoms with van der Waals surface area (Å²) in [6, 6.07) is 20.2. The van der Waals surface area contributed by atoms with Crippen LogP contribution < -0.4 is 25.4 Å². The van der Waals surface area contributed by atoms with E-state index in [0.29, 0.717) is 29.0 Å². The van der Waals surface area contributed by atoms with Crippen molar-refractivity contribution in [3.8, 4) is 5.75 Å². The van der Waals surface area contributed by atoms with E-state index in [9.17, 15) is 18.3 Å². The number of aromatic nitrogens is 2. The third kappa shape index (κ3) is 7.53. The van der Waals surface area contributed by atoms with E-state index in [1.165, 1.54) is 0 Å². The van der Waals surface area contributed by atoms with Crippen LogP contribution in [-0.4, -0.2) is 61.9 Å². The fourth-order valence-electron chi connectivity index (χ4n) is 5.21. The van der Waals surface area contributed by atoms with E-state index >= 15 is 0 Å².